The molecule has 3 aromatic carbocycles. The molecular weight excluding hydrogens is 502 g/mol. The van der Waals surface area contributed by atoms with Crippen LogP contribution in [0, 0.1) is 0 Å². The number of carboxylic acids is 1. The Labute approximate surface area is 225 Å². The molecule has 3 aromatic rings. The zero-order chi connectivity index (χ0) is 27.6. The molecule has 10 heteroatoms. The van der Waals surface area contributed by atoms with Crippen LogP contribution >= 0.6 is 0 Å². The lowest BCUT2D eigenvalue weighted by Crippen LogP contribution is -2.45. The lowest BCUT2D eigenvalue weighted by molar-refractivity contribution is -0.144. The van der Waals surface area contributed by atoms with E-state index in [1.54, 1.807) is 24.3 Å². The minimum Gasteiger partial charge on any atom is -0.480 e. The summed E-state index contributed by atoms with van der Waals surface area (Å²) in [6, 6.07) is 25.0. The maximum Gasteiger partial charge on any atom is 0.407 e. The first-order valence-electron chi connectivity index (χ1n) is 12.5. The molecule has 3 N–H and O–H groups in total. The Hall–Kier alpha value is -4.86. The number of ether oxygens (including phenoxy) is 2. The van der Waals surface area contributed by atoms with Gasteiger partial charge in [0.1, 0.15) is 26.3 Å². The Bertz CT molecular complexity index is 1280. The van der Waals surface area contributed by atoms with Crippen molar-refractivity contribution in [3.63, 3.8) is 0 Å². The van der Waals surface area contributed by atoms with E-state index in [4.69, 9.17) is 9.47 Å². The van der Waals surface area contributed by atoms with Gasteiger partial charge in [0, 0.05) is 19.0 Å². The fourth-order valence-electron chi connectivity index (χ4n) is 4.43. The first kappa shape index (κ1) is 27.2. The summed E-state index contributed by atoms with van der Waals surface area (Å²) in [6.07, 6.45) is -1.48. The average molecular weight is 532 g/mol. The van der Waals surface area contributed by atoms with Gasteiger partial charge in [0.15, 0.2) is 0 Å². The molecule has 10 nitrogen and oxygen atoms in total. The van der Waals surface area contributed by atoms with Crippen LogP contribution in [-0.4, -0.2) is 66.9 Å². The molecule has 0 unspecified atom stereocenters. The Kier molecular flexibility index (Phi) is 9.12. The van der Waals surface area contributed by atoms with Gasteiger partial charge in [0.05, 0.1) is 0 Å². The van der Waals surface area contributed by atoms with Gasteiger partial charge in [-0.2, -0.15) is 0 Å². The van der Waals surface area contributed by atoms with E-state index in [2.05, 4.69) is 10.6 Å². The van der Waals surface area contributed by atoms with E-state index in [0.29, 0.717) is 0 Å². The van der Waals surface area contributed by atoms with E-state index in [0.717, 1.165) is 32.7 Å². The van der Waals surface area contributed by atoms with Crippen LogP contribution < -0.4 is 10.6 Å². The molecule has 0 aliphatic heterocycles. The lowest BCUT2D eigenvalue weighted by atomic mass is 9.98. The normalized spacial score (nSPS) is 11.6. The van der Waals surface area contributed by atoms with E-state index in [-0.39, 0.29) is 32.2 Å². The number of fused-ring (bicyclic) bond motifs is 3. The number of rotatable bonds is 11. The third-order valence-electron chi connectivity index (χ3n) is 6.27. The number of carbonyl (C=O) groups excluding carboxylic acids is 3. The standard InChI is InChI=1S/C29H29N3O7/c33-26(16-31-29(37)38-18-20-8-2-1-3-9-20)32(17-27(34)35)15-14-30-28(36)39-19-25-23-12-6-4-10-21(23)22-11-5-7-13-24(22)25/h1-13,25H,14-19H2,(H,30,36)(H,31,37)(H,34,35). The summed E-state index contributed by atoms with van der Waals surface area (Å²) >= 11 is 0. The number of aliphatic carboxylic acids is 1. The van der Waals surface area contributed by atoms with Crippen molar-refractivity contribution in [3.8, 4) is 11.1 Å². The second-order valence-electron chi connectivity index (χ2n) is 8.88. The maximum absolute atomic E-state index is 12.5. The molecule has 0 heterocycles. The van der Waals surface area contributed by atoms with Gasteiger partial charge < -0.3 is 30.1 Å². The smallest absolute Gasteiger partial charge is 0.407 e. The minimum atomic E-state index is -1.23. The van der Waals surface area contributed by atoms with Gasteiger partial charge >= 0.3 is 18.2 Å². The van der Waals surface area contributed by atoms with Crippen molar-refractivity contribution in [1.82, 2.24) is 15.5 Å². The molecule has 0 saturated heterocycles. The number of alkyl carbamates (subject to hydrolysis) is 2. The minimum absolute atomic E-state index is 0.0315. The summed E-state index contributed by atoms with van der Waals surface area (Å²) in [5.74, 6) is -1.96. The van der Waals surface area contributed by atoms with Crippen LogP contribution in [0.2, 0.25) is 0 Å². The van der Waals surface area contributed by atoms with Crippen LogP contribution in [0.25, 0.3) is 11.1 Å². The molecule has 1 aliphatic carbocycles. The Morgan fingerprint density at radius 3 is 2.00 bits per heavy atom. The van der Waals surface area contributed by atoms with Crippen molar-refractivity contribution in [3.05, 3.63) is 95.6 Å². The van der Waals surface area contributed by atoms with Gasteiger partial charge in [-0.15, -0.1) is 0 Å². The predicted molar refractivity (Wildman–Crippen MR) is 142 cm³/mol. The number of carboxylic acid groups (broad SMARTS) is 1. The van der Waals surface area contributed by atoms with Crippen molar-refractivity contribution >= 4 is 24.1 Å². The number of amides is 3. The summed E-state index contributed by atoms with van der Waals surface area (Å²) in [5, 5.41) is 14.0. The van der Waals surface area contributed by atoms with Gasteiger partial charge in [-0.3, -0.25) is 9.59 Å². The number of hydrogen-bond acceptors (Lipinski definition) is 6. The van der Waals surface area contributed by atoms with E-state index in [9.17, 15) is 24.3 Å². The number of nitrogens with zero attached hydrogens (tertiary/aromatic N) is 1. The number of benzene rings is 3. The molecule has 1 aliphatic rings. The summed E-state index contributed by atoms with van der Waals surface area (Å²) in [7, 11) is 0. The molecule has 0 bridgehead atoms. The molecular formula is C29H29N3O7. The van der Waals surface area contributed by atoms with Crippen LogP contribution in [0.3, 0.4) is 0 Å². The number of hydrogen-bond donors (Lipinski definition) is 3. The number of nitrogens with one attached hydrogen (secondary N) is 2. The Balaban J connectivity index is 1.22. The SMILES string of the molecule is O=C(O)CN(CCNC(=O)OCC1c2ccccc2-c2ccccc21)C(=O)CNC(=O)OCc1ccccc1. The summed E-state index contributed by atoms with van der Waals surface area (Å²) in [4.78, 5) is 49.1. The Morgan fingerprint density at radius 1 is 0.769 bits per heavy atom. The fourth-order valence-corrected chi connectivity index (χ4v) is 4.43. The molecule has 0 radical (unpaired) electrons. The lowest BCUT2D eigenvalue weighted by Gasteiger charge is -2.21. The zero-order valence-corrected chi connectivity index (χ0v) is 21.2. The van der Waals surface area contributed by atoms with E-state index in [1.165, 1.54) is 0 Å². The molecule has 4 rings (SSSR count). The van der Waals surface area contributed by atoms with E-state index in [1.807, 2.05) is 54.6 Å². The van der Waals surface area contributed by atoms with Crippen molar-refractivity contribution in [2.45, 2.75) is 12.5 Å². The molecule has 0 fully saturated rings. The first-order chi connectivity index (χ1) is 18.9. The number of carbonyl (C=O) groups is 4. The highest BCUT2D eigenvalue weighted by atomic mass is 16.6. The molecule has 202 valence electrons. The fraction of sp³-hybridized carbons (Fsp3) is 0.241. The van der Waals surface area contributed by atoms with Crippen molar-refractivity contribution in [2.24, 2.45) is 0 Å². The van der Waals surface area contributed by atoms with Crippen molar-refractivity contribution in [2.75, 3.05) is 32.8 Å². The van der Waals surface area contributed by atoms with Gasteiger partial charge in [0.2, 0.25) is 5.91 Å². The second kappa shape index (κ2) is 13.1. The monoisotopic (exact) mass is 531 g/mol. The highest BCUT2D eigenvalue weighted by Crippen LogP contribution is 2.44. The van der Waals surface area contributed by atoms with Gasteiger partial charge in [-0.1, -0.05) is 78.9 Å². The van der Waals surface area contributed by atoms with Crippen LogP contribution in [0.4, 0.5) is 9.59 Å². The zero-order valence-electron chi connectivity index (χ0n) is 21.2. The highest BCUT2D eigenvalue weighted by Gasteiger charge is 2.29. The summed E-state index contributed by atoms with van der Waals surface area (Å²) < 4.78 is 10.5. The van der Waals surface area contributed by atoms with Crippen LogP contribution in [0.5, 0.6) is 0 Å². The quantitative estimate of drug-likeness (QED) is 0.345. The third kappa shape index (κ3) is 7.35. The molecule has 3 amide bonds. The van der Waals surface area contributed by atoms with Crippen molar-refractivity contribution < 1.29 is 33.8 Å². The van der Waals surface area contributed by atoms with Crippen molar-refractivity contribution in [1.29, 1.82) is 0 Å². The maximum atomic E-state index is 12.5. The first-order valence-corrected chi connectivity index (χ1v) is 12.5. The van der Waals surface area contributed by atoms with Gasteiger partial charge in [0.25, 0.3) is 0 Å². The average Bonchev–Trinajstić information content (AvgIpc) is 3.27. The van der Waals surface area contributed by atoms with Crippen LogP contribution in [0.1, 0.15) is 22.6 Å². The van der Waals surface area contributed by atoms with E-state index >= 15 is 0 Å². The van der Waals surface area contributed by atoms with Crippen LogP contribution in [-0.2, 0) is 25.7 Å². The molecule has 39 heavy (non-hydrogen) atoms. The second-order valence-corrected chi connectivity index (χ2v) is 8.88. The Morgan fingerprint density at radius 2 is 1.36 bits per heavy atom. The van der Waals surface area contributed by atoms with Gasteiger partial charge in [-0.25, -0.2) is 9.59 Å². The topological polar surface area (TPSA) is 134 Å². The molecule has 0 spiro atoms. The molecule has 0 atom stereocenters. The third-order valence-corrected chi connectivity index (χ3v) is 6.27. The summed E-state index contributed by atoms with van der Waals surface area (Å²) in [6.45, 7) is -1.00. The van der Waals surface area contributed by atoms with Gasteiger partial charge in [-0.05, 0) is 27.8 Å². The highest BCUT2D eigenvalue weighted by molar-refractivity contribution is 5.85. The van der Waals surface area contributed by atoms with E-state index < -0.39 is 37.2 Å². The summed E-state index contributed by atoms with van der Waals surface area (Å²) in [5.41, 5.74) is 5.18. The van der Waals surface area contributed by atoms with Crippen LogP contribution in [0.15, 0.2) is 78.9 Å². The predicted octanol–water partition coefficient (Wildman–Crippen LogP) is 3.36. The molecule has 0 saturated carbocycles. The molecule has 0 aromatic heterocycles. The largest absolute Gasteiger partial charge is 0.480 e.